The molecule has 0 amide bonds. The highest BCUT2D eigenvalue weighted by Gasteiger charge is 2.40. The lowest BCUT2D eigenvalue weighted by atomic mass is 9.95. The fourth-order valence-electron chi connectivity index (χ4n) is 2.97. The Morgan fingerprint density at radius 3 is 2.74 bits per heavy atom. The van der Waals surface area contributed by atoms with Crippen molar-refractivity contribution in [2.45, 2.75) is 44.8 Å². The lowest BCUT2D eigenvalue weighted by Gasteiger charge is -2.46. The van der Waals surface area contributed by atoms with Crippen molar-refractivity contribution < 1.29 is 4.39 Å². The zero-order valence-electron chi connectivity index (χ0n) is 11.8. The minimum Gasteiger partial charge on any atom is -0.311 e. The Kier molecular flexibility index (Phi) is 3.35. The molecule has 1 saturated carbocycles. The highest BCUT2D eigenvalue weighted by Crippen LogP contribution is 2.36. The molecule has 1 saturated heterocycles. The molecule has 2 aliphatic rings. The lowest BCUT2D eigenvalue weighted by molar-refractivity contribution is 0.0524. The molecule has 1 aliphatic carbocycles. The zero-order valence-corrected chi connectivity index (χ0v) is 11.8. The van der Waals surface area contributed by atoms with E-state index in [-0.39, 0.29) is 11.4 Å². The Hall–Kier alpha value is -0.930. The van der Waals surface area contributed by atoms with Crippen LogP contribution in [0.5, 0.6) is 0 Å². The number of nitrogens with zero attached hydrogens (tertiary/aromatic N) is 1. The first kappa shape index (κ1) is 13.1. The number of piperazine rings is 1. The molecular formula is C16H23FN2. The van der Waals surface area contributed by atoms with Gasteiger partial charge < -0.3 is 5.32 Å². The van der Waals surface area contributed by atoms with Crippen molar-refractivity contribution in [1.82, 2.24) is 10.2 Å². The van der Waals surface area contributed by atoms with Gasteiger partial charge in [0.1, 0.15) is 5.82 Å². The first-order valence-electron chi connectivity index (χ1n) is 7.28. The van der Waals surface area contributed by atoms with E-state index in [1.165, 1.54) is 12.8 Å². The monoisotopic (exact) mass is 262 g/mol. The van der Waals surface area contributed by atoms with Crippen molar-refractivity contribution in [3.05, 3.63) is 35.6 Å². The highest BCUT2D eigenvalue weighted by molar-refractivity contribution is 5.18. The van der Waals surface area contributed by atoms with Gasteiger partial charge in [-0.1, -0.05) is 18.2 Å². The third-order valence-corrected chi connectivity index (χ3v) is 4.58. The van der Waals surface area contributed by atoms with E-state index in [1.54, 1.807) is 12.1 Å². The number of halogens is 1. The second-order valence-corrected chi connectivity index (χ2v) is 6.61. The second-order valence-electron chi connectivity index (χ2n) is 6.61. The average Bonchev–Trinajstić information content (AvgIpc) is 3.18. The average molecular weight is 262 g/mol. The molecule has 3 rings (SSSR count). The number of nitrogens with one attached hydrogen (secondary N) is 1. The Labute approximate surface area is 115 Å². The van der Waals surface area contributed by atoms with Crippen LogP contribution in [0.3, 0.4) is 0 Å². The van der Waals surface area contributed by atoms with Crippen LogP contribution >= 0.6 is 0 Å². The van der Waals surface area contributed by atoms with Crippen molar-refractivity contribution in [2.75, 3.05) is 13.1 Å². The largest absolute Gasteiger partial charge is 0.311 e. The highest BCUT2D eigenvalue weighted by atomic mass is 19.1. The first-order chi connectivity index (χ1) is 9.06. The molecule has 3 heteroatoms. The van der Waals surface area contributed by atoms with E-state index in [0.717, 1.165) is 24.6 Å². The van der Waals surface area contributed by atoms with Crippen LogP contribution in [-0.4, -0.2) is 29.6 Å². The Morgan fingerprint density at radius 2 is 2.05 bits per heavy atom. The summed E-state index contributed by atoms with van der Waals surface area (Å²) in [6, 6.07) is 7.74. The standard InChI is InChI=1S/C16H23FN2/c1-16(2)11-18-15(12-7-8-12)10-19(16)9-13-5-3-4-6-14(13)17/h3-6,12,15,18H,7-11H2,1-2H3. The molecule has 104 valence electrons. The van der Waals surface area contributed by atoms with E-state index in [1.807, 2.05) is 12.1 Å². The van der Waals surface area contributed by atoms with Crippen LogP contribution in [-0.2, 0) is 6.54 Å². The van der Waals surface area contributed by atoms with Crippen molar-refractivity contribution in [3.8, 4) is 0 Å². The summed E-state index contributed by atoms with van der Waals surface area (Å²) >= 11 is 0. The minimum atomic E-state index is -0.0835. The number of hydrogen-bond acceptors (Lipinski definition) is 2. The minimum absolute atomic E-state index is 0.0835. The van der Waals surface area contributed by atoms with Crippen LogP contribution in [0.15, 0.2) is 24.3 Å². The molecular weight excluding hydrogens is 239 g/mol. The SMILES string of the molecule is CC1(C)CNC(C2CC2)CN1Cc1ccccc1F. The van der Waals surface area contributed by atoms with Gasteiger partial charge in [-0.3, -0.25) is 4.90 Å². The van der Waals surface area contributed by atoms with Gasteiger partial charge in [-0.15, -0.1) is 0 Å². The summed E-state index contributed by atoms with van der Waals surface area (Å²) in [5, 5.41) is 3.67. The quantitative estimate of drug-likeness (QED) is 0.901. The van der Waals surface area contributed by atoms with E-state index >= 15 is 0 Å². The molecule has 2 fully saturated rings. The molecule has 1 atom stereocenters. The summed E-state index contributed by atoms with van der Waals surface area (Å²) in [5.74, 6) is 0.763. The van der Waals surface area contributed by atoms with Gasteiger partial charge in [-0.25, -0.2) is 4.39 Å². The predicted octanol–water partition coefficient (Wildman–Crippen LogP) is 2.79. The van der Waals surface area contributed by atoms with Crippen molar-refractivity contribution in [1.29, 1.82) is 0 Å². The summed E-state index contributed by atoms with van der Waals surface area (Å²) in [6.45, 7) is 7.22. The van der Waals surface area contributed by atoms with Gasteiger partial charge in [0.15, 0.2) is 0 Å². The molecule has 1 N–H and O–H groups in total. The maximum Gasteiger partial charge on any atom is 0.127 e. The molecule has 0 aromatic heterocycles. The normalized spacial score (nSPS) is 27.4. The third kappa shape index (κ3) is 2.82. The number of rotatable bonds is 3. The van der Waals surface area contributed by atoms with Gasteiger partial charge in [0, 0.05) is 36.8 Å². The second kappa shape index (κ2) is 4.88. The maximum absolute atomic E-state index is 13.8. The van der Waals surface area contributed by atoms with Crippen molar-refractivity contribution in [2.24, 2.45) is 5.92 Å². The maximum atomic E-state index is 13.8. The van der Waals surface area contributed by atoms with Crippen LogP contribution in [0, 0.1) is 11.7 Å². The van der Waals surface area contributed by atoms with Crippen LogP contribution in [0.2, 0.25) is 0 Å². The van der Waals surface area contributed by atoms with Crippen molar-refractivity contribution in [3.63, 3.8) is 0 Å². The molecule has 1 unspecified atom stereocenters. The fourth-order valence-corrected chi connectivity index (χ4v) is 2.97. The summed E-state index contributed by atoms with van der Waals surface area (Å²) in [5.41, 5.74) is 0.903. The molecule has 0 bridgehead atoms. The number of hydrogen-bond donors (Lipinski definition) is 1. The van der Waals surface area contributed by atoms with Crippen LogP contribution in [0.4, 0.5) is 4.39 Å². The van der Waals surface area contributed by atoms with Gasteiger partial charge in [-0.2, -0.15) is 0 Å². The van der Waals surface area contributed by atoms with E-state index in [0.29, 0.717) is 12.6 Å². The van der Waals surface area contributed by atoms with E-state index in [2.05, 4.69) is 24.1 Å². The third-order valence-electron chi connectivity index (χ3n) is 4.58. The van der Waals surface area contributed by atoms with Crippen molar-refractivity contribution >= 4 is 0 Å². The summed E-state index contributed by atoms with van der Waals surface area (Å²) in [4.78, 5) is 2.44. The van der Waals surface area contributed by atoms with Gasteiger partial charge >= 0.3 is 0 Å². The van der Waals surface area contributed by atoms with Crippen LogP contribution < -0.4 is 5.32 Å². The predicted molar refractivity (Wildman–Crippen MR) is 75.4 cm³/mol. The van der Waals surface area contributed by atoms with Gasteiger partial charge in [0.2, 0.25) is 0 Å². The molecule has 1 heterocycles. The lowest BCUT2D eigenvalue weighted by Crippen LogP contribution is -2.62. The Bertz CT molecular complexity index is 454. The molecule has 1 aliphatic heterocycles. The summed E-state index contributed by atoms with van der Waals surface area (Å²) < 4.78 is 13.8. The molecule has 0 spiro atoms. The summed E-state index contributed by atoms with van der Waals surface area (Å²) in [6.07, 6.45) is 2.71. The Morgan fingerprint density at radius 1 is 1.32 bits per heavy atom. The van der Waals surface area contributed by atoms with Gasteiger partial charge in [-0.05, 0) is 38.7 Å². The molecule has 2 nitrogen and oxygen atoms in total. The smallest absolute Gasteiger partial charge is 0.127 e. The molecule has 1 aromatic rings. The van der Waals surface area contributed by atoms with Gasteiger partial charge in [0.25, 0.3) is 0 Å². The fraction of sp³-hybridized carbons (Fsp3) is 0.625. The van der Waals surface area contributed by atoms with E-state index < -0.39 is 0 Å². The molecule has 1 aromatic carbocycles. The molecule has 0 radical (unpaired) electrons. The zero-order chi connectivity index (χ0) is 13.5. The topological polar surface area (TPSA) is 15.3 Å². The van der Waals surface area contributed by atoms with E-state index in [4.69, 9.17) is 0 Å². The molecule has 19 heavy (non-hydrogen) atoms. The van der Waals surface area contributed by atoms with Crippen LogP contribution in [0.1, 0.15) is 32.3 Å². The Balaban J connectivity index is 1.74. The number of benzene rings is 1. The first-order valence-corrected chi connectivity index (χ1v) is 7.28. The van der Waals surface area contributed by atoms with Crippen LogP contribution in [0.25, 0.3) is 0 Å². The van der Waals surface area contributed by atoms with Gasteiger partial charge in [0.05, 0.1) is 0 Å². The summed E-state index contributed by atoms with van der Waals surface area (Å²) in [7, 11) is 0. The van der Waals surface area contributed by atoms with E-state index in [9.17, 15) is 4.39 Å².